The van der Waals surface area contributed by atoms with E-state index in [2.05, 4.69) is 50.4 Å². The van der Waals surface area contributed by atoms with Gasteiger partial charge >= 0.3 is 0 Å². The van der Waals surface area contributed by atoms with Crippen molar-refractivity contribution in [2.75, 3.05) is 5.32 Å². The molecule has 1 heterocycles. The summed E-state index contributed by atoms with van der Waals surface area (Å²) in [5, 5.41) is 4.52. The molecule has 0 saturated carbocycles. The zero-order chi connectivity index (χ0) is 12.8. The van der Waals surface area contributed by atoms with E-state index in [4.69, 9.17) is 4.98 Å². The van der Waals surface area contributed by atoms with Crippen molar-refractivity contribution in [1.82, 2.24) is 4.98 Å². The van der Waals surface area contributed by atoms with Crippen LogP contribution in [0.1, 0.15) is 31.2 Å². The highest BCUT2D eigenvalue weighted by Crippen LogP contribution is 2.38. The van der Waals surface area contributed by atoms with E-state index in [0.29, 0.717) is 0 Å². The zero-order valence-corrected chi connectivity index (χ0v) is 11.9. The fourth-order valence-corrected chi connectivity index (χ4v) is 3.51. The summed E-state index contributed by atoms with van der Waals surface area (Å²) in [7, 11) is 0. The second kappa shape index (κ2) is 4.09. The number of hydrogen-bond acceptors (Lipinski definition) is 3. The molecule has 0 spiro atoms. The molecular weight excluding hydrogens is 240 g/mol. The van der Waals surface area contributed by atoms with Crippen LogP contribution in [0.2, 0.25) is 0 Å². The number of nitrogens with one attached hydrogen (secondary N) is 1. The number of nitrogens with zero attached hydrogens (tertiary/aromatic N) is 1. The number of anilines is 1. The van der Waals surface area contributed by atoms with Gasteiger partial charge in [-0.2, -0.15) is 0 Å². The molecule has 2 aromatic rings. The first kappa shape index (κ1) is 11.7. The van der Waals surface area contributed by atoms with Crippen LogP contribution in [0.3, 0.4) is 0 Å². The van der Waals surface area contributed by atoms with Gasteiger partial charge in [0.2, 0.25) is 0 Å². The molecule has 94 valence electrons. The number of aryl methyl sites for hydroxylation is 2. The Morgan fingerprint density at radius 1 is 1.17 bits per heavy atom. The Morgan fingerprint density at radius 2 is 1.94 bits per heavy atom. The highest BCUT2D eigenvalue weighted by atomic mass is 32.1. The summed E-state index contributed by atoms with van der Waals surface area (Å²) in [6.07, 6.45) is 2.26. The van der Waals surface area contributed by atoms with Crippen molar-refractivity contribution in [3.63, 3.8) is 0 Å². The summed E-state index contributed by atoms with van der Waals surface area (Å²) >= 11 is 1.80. The zero-order valence-electron chi connectivity index (χ0n) is 11.1. The third kappa shape index (κ3) is 2.15. The molecule has 1 N–H and O–H groups in total. The van der Waals surface area contributed by atoms with Crippen molar-refractivity contribution in [2.24, 2.45) is 0 Å². The SMILES string of the molecule is CC(C)(C)Nc1nc2c(s1)CCc1ccccc1-2. The molecule has 0 unspecified atom stereocenters. The van der Waals surface area contributed by atoms with Crippen molar-refractivity contribution >= 4 is 16.5 Å². The van der Waals surface area contributed by atoms with Crippen LogP contribution in [0, 0.1) is 0 Å². The number of benzene rings is 1. The molecule has 0 saturated heterocycles. The lowest BCUT2D eigenvalue weighted by molar-refractivity contribution is 0.633. The van der Waals surface area contributed by atoms with Crippen LogP contribution < -0.4 is 5.32 Å². The van der Waals surface area contributed by atoms with E-state index in [1.807, 2.05) is 0 Å². The van der Waals surface area contributed by atoms with E-state index in [1.54, 1.807) is 11.3 Å². The Bertz CT molecular complexity index is 578. The smallest absolute Gasteiger partial charge is 0.183 e. The summed E-state index contributed by atoms with van der Waals surface area (Å²) in [5.41, 5.74) is 4.00. The van der Waals surface area contributed by atoms with Crippen molar-refractivity contribution in [2.45, 2.75) is 39.2 Å². The number of fused-ring (bicyclic) bond motifs is 3. The second-order valence-electron chi connectivity index (χ2n) is 5.82. The Kier molecular flexibility index (Phi) is 2.67. The topological polar surface area (TPSA) is 24.9 Å². The lowest BCUT2D eigenvalue weighted by Crippen LogP contribution is -2.25. The Balaban J connectivity index is 2.02. The Morgan fingerprint density at radius 3 is 2.72 bits per heavy atom. The summed E-state index contributed by atoms with van der Waals surface area (Å²) < 4.78 is 0. The van der Waals surface area contributed by atoms with E-state index in [9.17, 15) is 0 Å². The van der Waals surface area contributed by atoms with Crippen LogP contribution in [0.15, 0.2) is 24.3 Å². The molecule has 1 aromatic carbocycles. The third-order valence-electron chi connectivity index (χ3n) is 3.07. The standard InChI is InChI=1S/C15H18N2S/c1-15(2,3)17-14-16-13-11-7-5-4-6-10(11)8-9-12(13)18-14/h4-7H,8-9H2,1-3H3,(H,16,17). The van der Waals surface area contributed by atoms with Crippen LogP contribution in [0.5, 0.6) is 0 Å². The van der Waals surface area contributed by atoms with E-state index < -0.39 is 0 Å². The average molecular weight is 258 g/mol. The Labute approximate surface area is 112 Å². The molecule has 0 aliphatic heterocycles. The second-order valence-corrected chi connectivity index (χ2v) is 6.91. The molecule has 1 aromatic heterocycles. The van der Waals surface area contributed by atoms with E-state index in [0.717, 1.165) is 18.0 Å². The minimum Gasteiger partial charge on any atom is -0.357 e. The maximum Gasteiger partial charge on any atom is 0.183 e. The minimum absolute atomic E-state index is 0.0694. The molecule has 3 heteroatoms. The molecule has 0 atom stereocenters. The van der Waals surface area contributed by atoms with Gasteiger partial charge < -0.3 is 5.32 Å². The van der Waals surface area contributed by atoms with Gasteiger partial charge in [-0.05, 0) is 39.2 Å². The van der Waals surface area contributed by atoms with Crippen LogP contribution in [-0.2, 0) is 12.8 Å². The van der Waals surface area contributed by atoms with Crippen molar-refractivity contribution in [3.8, 4) is 11.3 Å². The van der Waals surface area contributed by atoms with Crippen molar-refractivity contribution in [1.29, 1.82) is 0 Å². The molecular formula is C15H18N2S. The maximum absolute atomic E-state index is 4.78. The normalized spacial score (nSPS) is 13.9. The third-order valence-corrected chi connectivity index (χ3v) is 4.10. The number of rotatable bonds is 1. The first-order valence-electron chi connectivity index (χ1n) is 6.39. The van der Waals surface area contributed by atoms with Gasteiger partial charge in [-0.25, -0.2) is 4.98 Å². The van der Waals surface area contributed by atoms with Crippen LogP contribution in [0.4, 0.5) is 5.13 Å². The summed E-state index contributed by atoms with van der Waals surface area (Å²) in [6.45, 7) is 6.50. The van der Waals surface area contributed by atoms with E-state index in [-0.39, 0.29) is 5.54 Å². The quantitative estimate of drug-likeness (QED) is 0.832. The van der Waals surface area contributed by atoms with Gasteiger partial charge in [0.1, 0.15) is 0 Å². The van der Waals surface area contributed by atoms with Gasteiger partial charge in [0.25, 0.3) is 0 Å². The lowest BCUT2D eigenvalue weighted by atomic mass is 9.94. The fourth-order valence-electron chi connectivity index (χ4n) is 2.32. The van der Waals surface area contributed by atoms with Gasteiger partial charge in [-0.1, -0.05) is 24.3 Å². The summed E-state index contributed by atoms with van der Waals surface area (Å²) in [4.78, 5) is 6.20. The largest absolute Gasteiger partial charge is 0.357 e. The molecule has 0 bridgehead atoms. The van der Waals surface area contributed by atoms with Gasteiger partial charge in [0, 0.05) is 16.0 Å². The number of aromatic nitrogens is 1. The highest BCUT2D eigenvalue weighted by molar-refractivity contribution is 7.16. The minimum atomic E-state index is 0.0694. The highest BCUT2D eigenvalue weighted by Gasteiger charge is 2.21. The maximum atomic E-state index is 4.78. The number of thiazole rings is 1. The lowest BCUT2D eigenvalue weighted by Gasteiger charge is -2.19. The molecule has 2 nitrogen and oxygen atoms in total. The van der Waals surface area contributed by atoms with Gasteiger partial charge in [-0.15, -0.1) is 11.3 Å². The average Bonchev–Trinajstić information content (AvgIpc) is 2.69. The first-order chi connectivity index (χ1) is 8.53. The summed E-state index contributed by atoms with van der Waals surface area (Å²) in [5.74, 6) is 0. The van der Waals surface area contributed by atoms with Crippen LogP contribution >= 0.6 is 11.3 Å². The predicted molar refractivity (Wildman–Crippen MR) is 78.3 cm³/mol. The fraction of sp³-hybridized carbons (Fsp3) is 0.400. The predicted octanol–water partition coefficient (Wildman–Crippen LogP) is 4.12. The van der Waals surface area contributed by atoms with Crippen molar-refractivity contribution in [3.05, 3.63) is 34.7 Å². The van der Waals surface area contributed by atoms with Gasteiger partial charge in [0.15, 0.2) is 5.13 Å². The summed E-state index contributed by atoms with van der Waals surface area (Å²) in [6, 6.07) is 8.62. The molecule has 1 aliphatic rings. The van der Waals surface area contributed by atoms with Crippen molar-refractivity contribution < 1.29 is 0 Å². The monoisotopic (exact) mass is 258 g/mol. The number of hydrogen-bond donors (Lipinski definition) is 1. The molecule has 0 amide bonds. The molecule has 18 heavy (non-hydrogen) atoms. The molecule has 0 radical (unpaired) electrons. The van der Waals surface area contributed by atoms with Gasteiger partial charge in [0.05, 0.1) is 5.69 Å². The Hall–Kier alpha value is -1.35. The van der Waals surface area contributed by atoms with Gasteiger partial charge in [-0.3, -0.25) is 0 Å². The van der Waals surface area contributed by atoms with Crippen LogP contribution in [-0.4, -0.2) is 10.5 Å². The molecule has 1 aliphatic carbocycles. The molecule has 0 fully saturated rings. The van der Waals surface area contributed by atoms with Crippen LogP contribution in [0.25, 0.3) is 11.3 Å². The first-order valence-corrected chi connectivity index (χ1v) is 7.21. The molecule has 3 rings (SSSR count). The van der Waals surface area contributed by atoms with E-state index in [1.165, 1.54) is 21.7 Å². The van der Waals surface area contributed by atoms with E-state index >= 15 is 0 Å².